The number of rotatable bonds is 6. The van der Waals surface area contributed by atoms with Crippen molar-refractivity contribution in [2.75, 3.05) is 25.6 Å². The van der Waals surface area contributed by atoms with E-state index in [2.05, 4.69) is 20.6 Å². The van der Waals surface area contributed by atoms with Crippen LogP contribution in [0.2, 0.25) is 0 Å². The van der Waals surface area contributed by atoms with Gasteiger partial charge in [-0.1, -0.05) is 0 Å². The monoisotopic (exact) mass is 290 g/mol. The number of nitrogens with one attached hydrogen (secondary N) is 2. The SMILES string of the molecule is COCCNC(=O)c1cnc(Nc2ccc(F)cc2)nc1. The van der Waals surface area contributed by atoms with Gasteiger partial charge in [0, 0.05) is 31.7 Å². The van der Waals surface area contributed by atoms with E-state index in [1.807, 2.05) is 0 Å². The third kappa shape index (κ3) is 4.50. The molecule has 2 N–H and O–H groups in total. The van der Waals surface area contributed by atoms with E-state index in [1.54, 1.807) is 19.2 Å². The molecule has 0 spiro atoms. The third-order valence-corrected chi connectivity index (χ3v) is 2.61. The molecule has 0 aliphatic rings. The highest BCUT2D eigenvalue weighted by molar-refractivity contribution is 5.93. The summed E-state index contributed by atoms with van der Waals surface area (Å²) in [6, 6.07) is 5.81. The zero-order valence-corrected chi connectivity index (χ0v) is 11.5. The maximum Gasteiger partial charge on any atom is 0.254 e. The first-order valence-electron chi connectivity index (χ1n) is 6.31. The molecule has 0 saturated carbocycles. The fraction of sp³-hybridized carbons (Fsp3) is 0.214. The zero-order chi connectivity index (χ0) is 15.1. The number of aromatic nitrogens is 2. The molecule has 0 radical (unpaired) electrons. The second-order valence-corrected chi connectivity index (χ2v) is 4.18. The summed E-state index contributed by atoms with van der Waals surface area (Å²) in [6.07, 6.45) is 2.84. The van der Waals surface area contributed by atoms with Gasteiger partial charge in [0.05, 0.1) is 12.2 Å². The number of hydrogen-bond acceptors (Lipinski definition) is 5. The average molecular weight is 290 g/mol. The van der Waals surface area contributed by atoms with Gasteiger partial charge in [-0.2, -0.15) is 0 Å². The standard InChI is InChI=1S/C14H15FN4O2/c1-21-7-6-16-13(20)10-8-17-14(18-9-10)19-12-4-2-11(15)3-5-12/h2-5,8-9H,6-7H2,1H3,(H,16,20)(H,17,18,19). The molecular weight excluding hydrogens is 275 g/mol. The number of halogens is 1. The molecule has 6 nitrogen and oxygen atoms in total. The quantitative estimate of drug-likeness (QED) is 0.792. The largest absolute Gasteiger partial charge is 0.383 e. The van der Waals surface area contributed by atoms with Gasteiger partial charge >= 0.3 is 0 Å². The van der Waals surface area contributed by atoms with E-state index in [1.165, 1.54) is 24.5 Å². The number of carbonyl (C=O) groups is 1. The molecular formula is C14H15FN4O2. The van der Waals surface area contributed by atoms with Crippen molar-refractivity contribution < 1.29 is 13.9 Å². The van der Waals surface area contributed by atoms with Gasteiger partial charge in [0.25, 0.3) is 5.91 Å². The molecule has 1 aromatic heterocycles. The minimum Gasteiger partial charge on any atom is -0.383 e. The van der Waals surface area contributed by atoms with Crippen LogP contribution in [0.15, 0.2) is 36.7 Å². The number of ether oxygens (including phenoxy) is 1. The molecule has 0 bridgehead atoms. The number of nitrogens with zero attached hydrogens (tertiary/aromatic N) is 2. The van der Waals surface area contributed by atoms with Crippen molar-refractivity contribution in [1.82, 2.24) is 15.3 Å². The zero-order valence-electron chi connectivity index (χ0n) is 11.5. The van der Waals surface area contributed by atoms with Crippen molar-refractivity contribution >= 4 is 17.5 Å². The van der Waals surface area contributed by atoms with Gasteiger partial charge in [-0.25, -0.2) is 14.4 Å². The molecule has 1 amide bonds. The summed E-state index contributed by atoms with van der Waals surface area (Å²) in [4.78, 5) is 19.8. The van der Waals surface area contributed by atoms with Crippen LogP contribution >= 0.6 is 0 Å². The van der Waals surface area contributed by atoms with E-state index in [-0.39, 0.29) is 11.7 Å². The minimum absolute atomic E-state index is 0.264. The predicted molar refractivity (Wildman–Crippen MR) is 75.9 cm³/mol. The summed E-state index contributed by atoms with van der Waals surface area (Å²) in [7, 11) is 1.56. The summed E-state index contributed by atoms with van der Waals surface area (Å²) in [6.45, 7) is 0.863. The third-order valence-electron chi connectivity index (χ3n) is 2.61. The first-order chi connectivity index (χ1) is 10.2. The summed E-state index contributed by atoms with van der Waals surface area (Å²) < 4.78 is 17.6. The summed E-state index contributed by atoms with van der Waals surface area (Å²) >= 11 is 0. The van der Waals surface area contributed by atoms with Crippen LogP contribution in [0.3, 0.4) is 0 Å². The summed E-state index contributed by atoms with van der Waals surface area (Å²) in [5, 5.41) is 5.58. The van der Waals surface area contributed by atoms with Gasteiger partial charge in [-0.15, -0.1) is 0 Å². The van der Waals surface area contributed by atoms with Gasteiger partial charge in [0.15, 0.2) is 0 Å². The Morgan fingerprint density at radius 2 is 1.90 bits per heavy atom. The topological polar surface area (TPSA) is 76.1 Å². The molecule has 0 unspecified atom stereocenters. The van der Waals surface area contributed by atoms with Crippen molar-refractivity contribution in [2.45, 2.75) is 0 Å². The number of amides is 1. The fourth-order valence-electron chi connectivity index (χ4n) is 1.54. The normalized spacial score (nSPS) is 10.2. The Hall–Kier alpha value is -2.54. The van der Waals surface area contributed by atoms with Crippen LogP contribution in [0, 0.1) is 5.82 Å². The van der Waals surface area contributed by atoms with Crippen LogP contribution in [0.1, 0.15) is 10.4 Å². The molecule has 1 aromatic carbocycles. The Balaban J connectivity index is 1.95. The smallest absolute Gasteiger partial charge is 0.254 e. The second-order valence-electron chi connectivity index (χ2n) is 4.18. The van der Waals surface area contributed by atoms with Crippen LogP contribution in [-0.4, -0.2) is 36.1 Å². The number of benzene rings is 1. The maximum atomic E-state index is 12.8. The average Bonchev–Trinajstić information content (AvgIpc) is 2.50. The first-order valence-corrected chi connectivity index (χ1v) is 6.31. The van der Waals surface area contributed by atoms with Crippen molar-refractivity contribution in [1.29, 1.82) is 0 Å². The molecule has 7 heteroatoms. The van der Waals surface area contributed by atoms with Crippen molar-refractivity contribution in [3.05, 3.63) is 48.0 Å². The van der Waals surface area contributed by atoms with E-state index in [4.69, 9.17) is 4.74 Å². The lowest BCUT2D eigenvalue weighted by Gasteiger charge is -2.06. The Bertz CT molecular complexity index is 587. The lowest BCUT2D eigenvalue weighted by Crippen LogP contribution is -2.27. The highest BCUT2D eigenvalue weighted by Gasteiger charge is 2.06. The van der Waals surface area contributed by atoms with Crippen LogP contribution in [0.25, 0.3) is 0 Å². The summed E-state index contributed by atoms with van der Waals surface area (Å²) in [5.74, 6) is -0.250. The molecule has 0 atom stereocenters. The van der Waals surface area contributed by atoms with Crippen molar-refractivity contribution in [3.8, 4) is 0 Å². The van der Waals surface area contributed by atoms with Gasteiger partial charge in [0.2, 0.25) is 5.95 Å². The molecule has 0 fully saturated rings. The fourth-order valence-corrected chi connectivity index (χ4v) is 1.54. The van der Waals surface area contributed by atoms with E-state index in [0.29, 0.717) is 30.4 Å². The molecule has 0 aliphatic carbocycles. The molecule has 2 aromatic rings. The van der Waals surface area contributed by atoms with Crippen LogP contribution < -0.4 is 10.6 Å². The van der Waals surface area contributed by atoms with Crippen molar-refractivity contribution in [3.63, 3.8) is 0 Å². The number of anilines is 2. The lowest BCUT2D eigenvalue weighted by atomic mass is 10.3. The van der Waals surface area contributed by atoms with E-state index >= 15 is 0 Å². The second kappa shape index (κ2) is 7.30. The Morgan fingerprint density at radius 1 is 1.24 bits per heavy atom. The lowest BCUT2D eigenvalue weighted by molar-refractivity contribution is 0.0936. The van der Waals surface area contributed by atoms with E-state index in [0.717, 1.165) is 0 Å². The van der Waals surface area contributed by atoms with Gasteiger partial charge in [-0.3, -0.25) is 4.79 Å². The Morgan fingerprint density at radius 3 is 2.52 bits per heavy atom. The van der Waals surface area contributed by atoms with E-state index < -0.39 is 0 Å². The van der Waals surface area contributed by atoms with Gasteiger partial charge in [-0.05, 0) is 24.3 Å². The molecule has 2 rings (SSSR count). The van der Waals surface area contributed by atoms with Crippen molar-refractivity contribution in [2.24, 2.45) is 0 Å². The maximum absolute atomic E-state index is 12.8. The molecule has 110 valence electrons. The molecule has 21 heavy (non-hydrogen) atoms. The number of methoxy groups -OCH3 is 1. The van der Waals surface area contributed by atoms with Gasteiger partial charge in [0.1, 0.15) is 5.82 Å². The Labute approximate surface area is 121 Å². The van der Waals surface area contributed by atoms with E-state index in [9.17, 15) is 9.18 Å². The minimum atomic E-state index is -0.315. The number of carbonyl (C=O) groups excluding carboxylic acids is 1. The van der Waals surface area contributed by atoms with Gasteiger partial charge < -0.3 is 15.4 Å². The predicted octanol–water partition coefficient (Wildman–Crippen LogP) is 1.74. The summed E-state index contributed by atoms with van der Waals surface area (Å²) in [5.41, 5.74) is 1.02. The van der Waals surface area contributed by atoms with Crippen LogP contribution in [0.5, 0.6) is 0 Å². The Kier molecular flexibility index (Phi) is 5.16. The number of hydrogen-bond donors (Lipinski definition) is 2. The van der Waals surface area contributed by atoms with Crippen LogP contribution in [-0.2, 0) is 4.74 Å². The highest BCUT2D eigenvalue weighted by Crippen LogP contribution is 2.12. The highest BCUT2D eigenvalue weighted by atomic mass is 19.1. The molecule has 0 aliphatic heterocycles. The van der Waals surface area contributed by atoms with Crippen LogP contribution in [0.4, 0.5) is 16.0 Å². The molecule has 0 saturated heterocycles. The first kappa shape index (κ1) is 14.9. The molecule has 1 heterocycles.